The van der Waals surface area contributed by atoms with Crippen LogP contribution in [0.2, 0.25) is 0 Å². The molecule has 0 aliphatic heterocycles. The first-order chi connectivity index (χ1) is 5.83. The molecule has 0 aliphatic carbocycles. The minimum absolute atomic E-state index is 0.503. The van der Waals surface area contributed by atoms with Crippen LogP contribution in [0.1, 0.15) is 12.7 Å². The number of thiol groups is 1. The molecule has 0 saturated heterocycles. The summed E-state index contributed by atoms with van der Waals surface area (Å²) in [4.78, 5) is 0. The predicted molar refractivity (Wildman–Crippen MR) is 51.4 cm³/mol. The minimum atomic E-state index is 0.503. The van der Waals surface area contributed by atoms with Crippen molar-refractivity contribution < 1.29 is 9.15 Å². The number of ether oxygens (including phenoxy) is 1. The Morgan fingerprint density at radius 2 is 2.50 bits per heavy atom. The monoisotopic (exact) mass is 186 g/mol. The van der Waals surface area contributed by atoms with Gasteiger partial charge in [0.05, 0.1) is 12.9 Å². The molecule has 0 N–H and O–H groups in total. The minimum Gasteiger partial charge on any atom is -0.467 e. The molecule has 0 aromatic carbocycles. The Morgan fingerprint density at radius 1 is 1.67 bits per heavy atom. The summed E-state index contributed by atoms with van der Waals surface area (Å²) in [6, 6.07) is 3.77. The van der Waals surface area contributed by atoms with E-state index in [4.69, 9.17) is 9.15 Å². The summed E-state index contributed by atoms with van der Waals surface area (Å²) in [6.07, 6.45) is 1.65. The smallest absolute Gasteiger partial charge is 0.129 e. The van der Waals surface area contributed by atoms with Gasteiger partial charge in [-0.05, 0) is 23.8 Å². The standard InChI is InChI=1S/C9H14O2S/c1-8(7-12)5-10-6-9-3-2-4-11-9/h2-4,8,12H,5-7H2,1H3. The number of furan rings is 1. The van der Waals surface area contributed by atoms with Crippen molar-refractivity contribution in [1.29, 1.82) is 0 Å². The van der Waals surface area contributed by atoms with Crippen molar-refractivity contribution in [2.45, 2.75) is 13.5 Å². The first-order valence-corrected chi connectivity index (χ1v) is 4.67. The Kier molecular flexibility index (Phi) is 4.25. The van der Waals surface area contributed by atoms with Crippen molar-refractivity contribution >= 4 is 12.6 Å². The molecule has 0 amide bonds. The summed E-state index contributed by atoms with van der Waals surface area (Å²) < 4.78 is 10.5. The van der Waals surface area contributed by atoms with Crippen LogP contribution in [0.3, 0.4) is 0 Å². The van der Waals surface area contributed by atoms with Gasteiger partial charge in [0.15, 0.2) is 0 Å². The second-order valence-electron chi connectivity index (χ2n) is 2.88. The van der Waals surface area contributed by atoms with Crippen molar-refractivity contribution in [3.8, 4) is 0 Å². The van der Waals surface area contributed by atoms with Gasteiger partial charge in [-0.25, -0.2) is 0 Å². The van der Waals surface area contributed by atoms with Crippen molar-refractivity contribution in [2.75, 3.05) is 12.4 Å². The number of rotatable bonds is 5. The van der Waals surface area contributed by atoms with Gasteiger partial charge in [-0.15, -0.1) is 0 Å². The van der Waals surface area contributed by atoms with Crippen LogP contribution in [0.25, 0.3) is 0 Å². The van der Waals surface area contributed by atoms with Crippen LogP contribution in [0.5, 0.6) is 0 Å². The molecule has 3 heteroatoms. The molecule has 0 radical (unpaired) electrons. The fraction of sp³-hybridized carbons (Fsp3) is 0.556. The van der Waals surface area contributed by atoms with Gasteiger partial charge in [-0.1, -0.05) is 6.92 Å². The molecule has 0 saturated carbocycles. The highest BCUT2D eigenvalue weighted by Crippen LogP contribution is 2.04. The third-order valence-electron chi connectivity index (χ3n) is 1.54. The lowest BCUT2D eigenvalue weighted by atomic mass is 10.2. The van der Waals surface area contributed by atoms with E-state index in [1.807, 2.05) is 12.1 Å². The van der Waals surface area contributed by atoms with Gasteiger partial charge in [-0.3, -0.25) is 0 Å². The number of hydrogen-bond acceptors (Lipinski definition) is 3. The van der Waals surface area contributed by atoms with Crippen molar-refractivity contribution in [3.05, 3.63) is 24.2 Å². The van der Waals surface area contributed by atoms with E-state index in [2.05, 4.69) is 19.6 Å². The van der Waals surface area contributed by atoms with Gasteiger partial charge in [0, 0.05) is 0 Å². The second kappa shape index (κ2) is 5.27. The first kappa shape index (κ1) is 9.68. The van der Waals surface area contributed by atoms with Gasteiger partial charge in [0.1, 0.15) is 12.4 Å². The van der Waals surface area contributed by atoms with Crippen molar-refractivity contribution in [2.24, 2.45) is 5.92 Å². The van der Waals surface area contributed by atoms with E-state index >= 15 is 0 Å². The summed E-state index contributed by atoms with van der Waals surface area (Å²) in [5.74, 6) is 2.24. The molecule has 1 atom stereocenters. The normalized spacial score (nSPS) is 13.2. The second-order valence-corrected chi connectivity index (χ2v) is 3.25. The molecule has 0 spiro atoms. The average Bonchev–Trinajstić information content (AvgIpc) is 2.57. The number of hydrogen-bond donors (Lipinski definition) is 1. The van der Waals surface area contributed by atoms with Gasteiger partial charge in [-0.2, -0.15) is 12.6 Å². The van der Waals surface area contributed by atoms with E-state index in [1.54, 1.807) is 6.26 Å². The molecule has 2 nitrogen and oxygen atoms in total. The zero-order valence-corrected chi connectivity index (χ0v) is 8.09. The van der Waals surface area contributed by atoms with Crippen LogP contribution in [0.15, 0.2) is 22.8 Å². The molecule has 68 valence electrons. The molecular formula is C9H14O2S. The van der Waals surface area contributed by atoms with Crippen LogP contribution < -0.4 is 0 Å². The summed E-state index contributed by atoms with van der Waals surface area (Å²) in [6.45, 7) is 3.41. The van der Waals surface area contributed by atoms with Gasteiger partial charge in [0.25, 0.3) is 0 Å². The van der Waals surface area contributed by atoms with Crippen LogP contribution in [-0.4, -0.2) is 12.4 Å². The molecule has 1 unspecified atom stereocenters. The summed E-state index contributed by atoms with van der Waals surface area (Å²) in [5, 5.41) is 0. The van der Waals surface area contributed by atoms with Crippen molar-refractivity contribution in [3.63, 3.8) is 0 Å². The Labute approximate surface area is 78.3 Å². The molecule has 0 fully saturated rings. The fourth-order valence-electron chi connectivity index (χ4n) is 0.808. The average molecular weight is 186 g/mol. The lowest BCUT2D eigenvalue weighted by Gasteiger charge is -2.07. The molecule has 1 aromatic heterocycles. The lowest BCUT2D eigenvalue weighted by molar-refractivity contribution is 0.0857. The molecule has 0 bridgehead atoms. The molecular weight excluding hydrogens is 172 g/mol. The van der Waals surface area contributed by atoms with Gasteiger partial charge in [0.2, 0.25) is 0 Å². The zero-order chi connectivity index (χ0) is 8.81. The highest BCUT2D eigenvalue weighted by Gasteiger charge is 2.00. The topological polar surface area (TPSA) is 22.4 Å². The Balaban J connectivity index is 2.11. The van der Waals surface area contributed by atoms with Gasteiger partial charge < -0.3 is 9.15 Å². The summed E-state index contributed by atoms with van der Waals surface area (Å²) in [5.41, 5.74) is 0. The van der Waals surface area contributed by atoms with E-state index in [1.165, 1.54) is 0 Å². The van der Waals surface area contributed by atoms with E-state index in [-0.39, 0.29) is 0 Å². The SMILES string of the molecule is CC(CS)COCc1ccco1. The van der Waals surface area contributed by atoms with Crippen molar-refractivity contribution in [1.82, 2.24) is 0 Å². The molecule has 0 aliphatic rings. The van der Waals surface area contributed by atoms with E-state index in [0.717, 1.165) is 18.1 Å². The third kappa shape index (κ3) is 3.32. The third-order valence-corrected chi connectivity index (χ3v) is 2.16. The molecule has 12 heavy (non-hydrogen) atoms. The highest BCUT2D eigenvalue weighted by atomic mass is 32.1. The van der Waals surface area contributed by atoms with Crippen LogP contribution in [-0.2, 0) is 11.3 Å². The van der Waals surface area contributed by atoms with Crippen LogP contribution >= 0.6 is 12.6 Å². The Morgan fingerprint density at radius 3 is 3.08 bits per heavy atom. The maximum Gasteiger partial charge on any atom is 0.129 e. The Hall–Kier alpha value is -0.410. The lowest BCUT2D eigenvalue weighted by Crippen LogP contribution is -2.06. The van der Waals surface area contributed by atoms with Gasteiger partial charge >= 0.3 is 0 Å². The van der Waals surface area contributed by atoms with E-state index in [9.17, 15) is 0 Å². The molecule has 1 rings (SSSR count). The summed E-state index contributed by atoms with van der Waals surface area (Å²) in [7, 11) is 0. The fourth-order valence-corrected chi connectivity index (χ4v) is 0.914. The highest BCUT2D eigenvalue weighted by molar-refractivity contribution is 7.80. The van der Waals surface area contributed by atoms with Crippen LogP contribution in [0.4, 0.5) is 0 Å². The maximum absolute atomic E-state index is 5.39. The quantitative estimate of drug-likeness (QED) is 0.713. The largest absolute Gasteiger partial charge is 0.467 e. The first-order valence-electron chi connectivity index (χ1n) is 4.04. The molecule has 1 aromatic rings. The Bertz CT molecular complexity index is 196. The van der Waals surface area contributed by atoms with E-state index in [0.29, 0.717) is 12.5 Å². The summed E-state index contributed by atoms with van der Waals surface area (Å²) >= 11 is 4.16. The maximum atomic E-state index is 5.39. The van der Waals surface area contributed by atoms with Crippen LogP contribution in [0, 0.1) is 5.92 Å². The molecule has 1 heterocycles. The zero-order valence-electron chi connectivity index (χ0n) is 7.19. The van der Waals surface area contributed by atoms with E-state index < -0.39 is 0 Å². The predicted octanol–water partition coefficient (Wildman–Crippen LogP) is 2.36.